The van der Waals surface area contributed by atoms with E-state index in [1.165, 1.54) is 0 Å². The molecule has 1 aromatic rings. The lowest BCUT2D eigenvalue weighted by molar-refractivity contribution is 0.210. The van der Waals surface area contributed by atoms with Crippen LogP contribution in [0.3, 0.4) is 0 Å². The number of aromatic nitrogens is 1. The molecule has 4 nitrogen and oxygen atoms in total. The number of carbonyl (C=O) groups is 1. The minimum Gasteiger partial charge on any atom is -0.387 e. The van der Waals surface area contributed by atoms with Crippen LogP contribution in [0.1, 0.15) is 0 Å². The number of pyridine rings is 1. The zero-order valence-electron chi connectivity index (χ0n) is 4.94. The summed E-state index contributed by atoms with van der Waals surface area (Å²) in [7, 11) is 0. The first-order valence-electron chi connectivity index (χ1n) is 2.75. The number of hydrogen-bond acceptors (Lipinski definition) is 3. The largest absolute Gasteiger partial charge is 0.441 e. The van der Waals surface area contributed by atoms with Crippen molar-refractivity contribution in [2.24, 2.45) is 0 Å². The fourth-order valence-corrected chi connectivity index (χ4v) is 0.750. The minimum atomic E-state index is -0.589. The zero-order chi connectivity index (χ0) is 6.97. The summed E-state index contributed by atoms with van der Waals surface area (Å²) in [6.45, 7) is 0. The molecule has 0 N–H and O–H groups in total. The van der Waals surface area contributed by atoms with E-state index in [0.29, 0.717) is 11.6 Å². The summed E-state index contributed by atoms with van der Waals surface area (Å²) in [6, 6.07) is 3.37. The highest BCUT2D eigenvalue weighted by atomic mass is 16.6. The molecule has 1 amide bonds. The Hall–Kier alpha value is -1.58. The van der Waals surface area contributed by atoms with Crippen LogP contribution in [0.25, 0.3) is 0 Å². The van der Waals surface area contributed by atoms with Crippen molar-refractivity contribution >= 4 is 11.8 Å². The van der Waals surface area contributed by atoms with E-state index in [1.54, 1.807) is 18.3 Å². The molecule has 1 radical (unpaired) electrons. The van der Waals surface area contributed by atoms with Crippen LogP contribution in [-0.4, -0.2) is 11.1 Å². The molecular formula is C6H3N2O2. The highest BCUT2D eigenvalue weighted by molar-refractivity contribution is 5.82. The standard InChI is InChI=1S/C6H3N2O2/c9-6-8-4-2-1-3-7-5(4)10-6/h1-3H. The first-order valence-corrected chi connectivity index (χ1v) is 2.75. The van der Waals surface area contributed by atoms with E-state index in [-0.39, 0.29) is 0 Å². The van der Waals surface area contributed by atoms with Crippen molar-refractivity contribution in [3.8, 4) is 5.88 Å². The van der Waals surface area contributed by atoms with Gasteiger partial charge in [0, 0.05) is 6.20 Å². The molecule has 4 heteroatoms. The molecule has 1 aromatic heterocycles. The van der Waals surface area contributed by atoms with Gasteiger partial charge >= 0.3 is 6.09 Å². The third kappa shape index (κ3) is 0.621. The second-order valence-electron chi connectivity index (χ2n) is 1.81. The Morgan fingerprint density at radius 3 is 3.20 bits per heavy atom. The van der Waals surface area contributed by atoms with E-state index in [4.69, 9.17) is 0 Å². The van der Waals surface area contributed by atoms with Gasteiger partial charge in [0.1, 0.15) is 5.69 Å². The molecule has 0 saturated heterocycles. The summed E-state index contributed by atoms with van der Waals surface area (Å²) in [5, 5.41) is 3.53. The lowest BCUT2D eigenvalue weighted by atomic mass is 10.4. The van der Waals surface area contributed by atoms with Crippen molar-refractivity contribution in [3.63, 3.8) is 0 Å². The van der Waals surface area contributed by atoms with E-state index >= 15 is 0 Å². The molecule has 0 atom stereocenters. The van der Waals surface area contributed by atoms with Gasteiger partial charge < -0.3 is 4.74 Å². The van der Waals surface area contributed by atoms with E-state index < -0.39 is 6.09 Å². The topological polar surface area (TPSA) is 53.3 Å². The first kappa shape index (κ1) is 5.22. The first-order chi connectivity index (χ1) is 4.86. The molecule has 0 fully saturated rings. The molecule has 2 heterocycles. The van der Waals surface area contributed by atoms with Gasteiger partial charge in [-0.15, -0.1) is 0 Å². The van der Waals surface area contributed by atoms with Gasteiger partial charge in [-0.25, -0.2) is 9.78 Å². The number of fused-ring (bicyclic) bond motifs is 1. The monoisotopic (exact) mass is 135 g/mol. The van der Waals surface area contributed by atoms with Crippen LogP contribution >= 0.6 is 0 Å². The summed E-state index contributed by atoms with van der Waals surface area (Å²) in [4.78, 5) is 14.2. The van der Waals surface area contributed by atoms with Crippen LogP contribution in [-0.2, 0) is 0 Å². The molecule has 0 unspecified atom stereocenters. The van der Waals surface area contributed by atoms with E-state index in [0.717, 1.165) is 0 Å². The maximum Gasteiger partial charge on any atom is 0.441 e. The fourth-order valence-electron chi connectivity index (χ4n) is 0.750. The van der Waals surface area contributed by atoms with E-state index in [2.05, 4.69) is 15.0 Å². The lowest BCUT2D eigenvalue weighted by Gasteiger charge is -1.87. The number of rotatable bonds is 0. The molecule has 0 saturated carbocycles. The third-order valence-corrected chi connectivity index (χ3v) is 1.15. The normalized spacial score (nSPS) is 13.8. The second-order valence-corrected chi connectivity index (χ2v) is 1.81. The predicted molar refractivity (Wildman–Crippen MR) is 32.1 cm³/mol. The smallest absolute Gasteiger partial charge is 0.387 e. The van der Waals surface area contributed by atoms with Crippen molar-refractivity contribution in [2.75, 3.05) is 0 Å². The second kappa shape index (κ2) is 1.70. The highest BCUT2D eigenvalue weighted by Gasteiger charge is 2.21. The van der Waals surface area contributed by atoms with Crippen LogP contribution in [0.5, 0.6) is 5.88 Å². The van der Waals surface area contributed by atoms with Gasteiger partial charge in [0.2, 0.25) is 0 Å². The maximum absolute atomic E-state index is 10.5. The average Bonchev–Trinajstić information content (AvgIpc) is 2.27. The average molecular weight is 135 g/mol. The van der Waals surface area contributed by atoms with Gasteiger partial charge in [-0.2, -0.15) is 5.32 Å². The Kier molecular flexibility index (Phi) is 0.887. The van der Waals surface area contributed by atoms with Gasteiger partial charge in [-0.05, 0) is 12.1 Å². The van der Waals surface area contributed by atoms with Crippen molar-refractivity contribution in [1.82, 2.24) is 10.3 Å². The summed E-state index contributed by atoms with van der Waals surface area (Å²) >= 11 is 0. The van der Waals surface area contributed by atoms with Crippen molar-refractivity contribution < 1.29 is 9.53 Å². The van der Waals surface area contributed by atoms with E-state index in [1.807, 2.05) is 0 Å². The lowest BCUT2D eigenvalue weighted by Crippen LogP contribution is -2.05. The van der Waals surface area contributed by atoms with Crippen molar-refractivity contribution in [1.29, 1.82) is 0 Å². The van der Waals surface area contributed by atoms with Crippen molar-refractivity contribution in [2.45, 2.75) is 0 Å². The summed E-state index contributed by atoms with van der Waals surface area (Å²) in [5.41, 5.74) is 0.507. The fraction of sp³-hybridized carbons (Fsp3) is 0. The predicted octanol–water partition coefficient (Wildman–Crippen LogP) is 0.830. The highest BCUT2D eigenvalue weighted by Crippen LogP contribution is 2.25. The van der Waals surface area contributed by atoms with Gasteiger partial charge in [-0.3, -0.25) is 0 Å². The summed E-state index contributed by atoms with van der Waals surface area (Å²) < 4.78 is 4.59. The maximum atomic E-state index is 10.5. The Labute approximate surface area is 56.8 Å². The van der Waals surface area contributed by atoms with Crippen LogP contribution in [0.4, 0.5) is 10.5 Å². The Morgan fingerprint density at radius 2 is 2.40 bits per heavy atom. The SMILES string of the molecule is O=C1[N]c2cccnc2O1. The Balaban J connectivity index is 2.51. The Morgan fingerprint density at radius 1 is 1.50 bits per heavy atom. The molecule has 1 aliphatic heterocycles. The Bertz CT molecular complexity index is 258. The number of carbonyl (C=O) groups excluding carboxylic acids is 1. The van der Waals surface area contributed by atoms with Gasteiger partial charge in [0.15, 0.2) is 0 Å². The molecule has 0 aromatic carbocycles. The van der Waals surface area contributed by atoms with Crippen LogP contribution in [0.2, 0.25) is 0 Å². The zero-order valence-corrected chi connectivity index (χ0v) is 4.94. The van der Waals surface area contributed by atoms with Crippen molar-refractivity contribution in [3.05, 3.63) is 18.3 Å². The molecule has 10 heavy (non-hydrogen) atoms. The van der Waals surface area contributed by atoms with Crippen LogP contribution in [0.15, 0.2) is 18.3 Å². The number of amides is 1. The molecule has 0 spiro atoms. The molecule has 49 valence electrons. The molecule has 0 bridgehead atoms. The van der Waals surface area contributed by atoms with E-state index in [9.17, 15) is 4.79 Å². The number of ether oxygens (including phenoxy) is 1. The molecule has 1 aliphatic rings. The molecular weight excluding hydrogens is 132 g/mol. The number of hydrogen-bond donors (Lipinski definition) is 0. The quantitative estimate of drug-likeness (QED) is 0.529. The van der Waals surface area contributed by atoms with Gasteiger partial charge in [-0.1, -0.05) is 0 Å². The van der Waals surface area contributed by atoms with Crippen LogP contribution in [0, 0.1) is 0 Å². The summed E-state index contributed by atoms with van der Waals surface area (Å²) in [5.74, 6) is 0.299. The number of nitrogens with zero attached hydrogens (tertiary/aromatic N) is 2. The minimum absolute atomic E-state index is 0.299. The summed E-state index contributed by atoms with van der Waals surface area (Å²) in [6.07, 6.45) is 0.959. The molecule has 2 rings (SSSR count). The van der Waals surface area contributed by atoms with Gasteiger partial charge in [0.25, 0.3) is 5.88 Å². The van der Waals surface area contributed by atoms with Crippen LogP contribution < -0.4 is 10.1 Å². The van der Waals surface area contributed by atoms with Gasteiger partial charge in [0.05, 0.1) is 0 Å². The molecule has 0 aliphatic carbocycles. The third-order valence-electron chi connectivity index (χ3n) is 1.15.